The Morgan fingerprint density at radius 1 is 1.18 bits per heavy atom. The van der Waals surface area contributed by atoms with Crippen LogP contribution in [0.2, 0.25) is 5.02 Å². The zero-order valence-corrected chi connectivity index (χ0v) is 15.6. The molecular formula is C20H19ClF2N2O3. The van der Waals surface area contributed by atoms with Gasteiger partial charge in [-0.3, -0.25) is 10.1 Å². The molecule has 2 aromatic carbocycles. The molecule has 2 aromatic rings. The number of aliphatic hydroxyl groups excluding tert-OH is 1. The number of hydrogen-bond acceptors (Lipinski definition) is 4. The Labute approximate surface area is 165 Å². The molecule has 0 aliphatic heterocycles. The molecule has 0 heterocycles. The SMILES string of the molecule is O=C(COc1ccc(Cl)c(F)c1)NC12CC(NC(O)c3cccc(F)c3)(C1)C2. The number of carbonyl (C=O) groups is 1. The number of hydrogen-bond donors (Lipinski definition) is 3. The van der Waals surface area contributed by atoms with Crippen LogP contribution in [-0.4, -0.2) is 28.7 Å². The van der Waals surface area contributed by atoms with Crippen molar-refractivity contribution in [3.63, 3.8) is 0 Å². The van der Waals surface area contributed by atoms with Gasteiger partial charge in [0.05, 0.1) is 5.02 Å². The average Bonchev–Trinajstić information content (AvgIpc) is 2.59. The topological polar surface area (TPSA) is 70.6 Å². The first-order chi connectivity index (χ1) is 13.3. The van der Waals surface area contributed by atoms with Crippen LogP contribution in [0.15, 0.2) is 42.5 Å². The third-order valence-corrected chi connectivity index (χ3v) is 5.61. The zero-order chi connectivity index (χ0) is 19.9. The Kier molecular flexibility index (Phi) is 4.77. The summed E-state index contributed by atoms with van der Waals surface area (Å²) in [4.78, 5) is 12.1. The molecule has 1 amide bonds. The maximum absolute atomic E-state index is 13.4. The van der Waals surface area contributed by atoms with Crippen molar-refractivity contribution >= 4 is 17.5 Å². The van der Waals surface area contributed by atoms with Crippen LogP contribution in [0.4, 0.5) is 8.78 Å². The second-order valence-corrected chi connectivity index (χ2v) is 8.01. The largest absolute Gasteiger partial charge is 0.484 e. The van der Waals surface area contributed by atoms with E-state index in [1.54, 1.807) is 12.1 Å². The van der Waals surface area contributed by atoms with Gasteiger partial charge < -0.3 is 15.2 Å². The van der Waals surface area contributed by atoms with Gasteiger partial charge in [-0.25, -0.2) is 8.78 Å². The fraction of sp³-hybridized carbons (Fsp3) is 0.350. The molecule has 0 aromatic heterocycles. The minimum absolute atomic E-state index is 0.0103. The summed E-state index contributed by atoms with van der Waals surface area (Å²) in [5, 5.41) is 16.3. The average molecular weight is 409 g/mol. The molecule has 28 heavy (non-hydrogen) atoms. The Hall–Kier alpha value is -2.22. The van der Waals surface area contributed by atoms with E-state index in [1.807, 2.05) is 0 Å². The third-order valence-electron chi connectivity index (χ3n) is 5.30. The first-order valence-corrected chi connectivity index (χ1v) is 9.26. The van der Waals surface area contributed by atoms with Crippen molar-refractivity contribution in [2.45, 2.75) is 36.6 Å². The van der Waals surface area contributed by atoms with Crippen molar-refractivity contribution in [2.24, 2.45) is 0 Å². The number of ether oxygens (including phenoxy) is 1. The van der Waals surface area contributed by atoms with E-state index < -0.39 is 17.9 Å². The fourth-order valence-corrected chi connectivity index (χ4v) is 4.29. The lowest BCUT2D eigenvalue weighted by molar-refractivity contribution is -0.151. The molecule has 1 atom stereocenters. The van der Waals surface area contributed by atoms with Gasteiger partial charge in [0.1, 0.15) is 23.6 Å². The highest BCUT2D eigenvalue weighted by atomic mass is 35.5. The number of rotatable bonds is 7. The highest BCUT2D eigenvalue weighted by Gasteiger charge is 2.68. The van der Waals surface area contributed by atoms with E-state index in [9.17, 15) is 18.7 Å². The van der Waals surface area contributed by atoms with E-state index in [1.165, 1.54) is 24.3 Å². The number of aliphatic hydroxyl groups is 1. The van der Waals surface area contributed by atoms with Gasteiger partial charge in [0.25, 0.3) is 5.91 Å². The van der Waals surface area contributed by atoms with Crippen molar-refractivity contribution in [2.75, 3.05) is 6.61 Å². The second-order valence-electron chi connectivity index (χ2n) is 7.61. The molecule has 5 rings (SSSR count). The zero-order valence-electron chi connectivity index (χ0n) is 14.8. The van der Waals surface area contributed by atoms with Gasteiger partial charge in [-0.2, -0.15) is 0 Å². The third kappa shape index (κ3) is 3.70. The van der Waals surface area contributed by atoms with E-state index >= 15 is 0 Å². The number of carbonyl (C=O) groups excluding carboxylic acids is 1. The second kappa shape index (κ2) is 6.99. The minimum Gasteiger partial charge on any atom is -0.484 e. The minimum atomic E-state index is -0.965. The molecule has 1 unspecified atom stereocenters. The van der Waals surface area contributed by atoms with E-state index in [4.69, 9.17) is 16.3 Å². The van der Waals surface area contributed by atoms with Crippen LogP contribution in [-0.2, 0) is 4.79 Å². The molecular weight excluding hydrogens is 390 g/mol. The molecule has 3 fully saturated rings. The lowest BCUT2D eigenvalue weighted by Gasteiger charge is -2.71. The van der Waals surface area contributed by atoms with E-state index in [0.717, 1.165) is 6.07 Å². The molecule has 5 nitrogen and oxygen atoms in total. The van der Waals surface area contributed by atoms with Crippen LogP contribution in [0.25, 0.3) is 0 Å². The molecule has 3 saturated carbocycles. The van der Waals surface area contributed by atoms with Gasteiger partial charge in [0.2, 0.25) is 0 Å². The summed E-state index contributed by atoms with van der Waals surface area (Å²) in [6, 6.07) is 9.80. The summed E-state index contributed by atoms with van der Waals surface area (Å²) in [6.45, 7) is -0.227. The quantitative estimate of drug-likeness (QED) is 0.616. The van der Waals surface area contributed by atoms with Crippen molar-refractivity contribution in [3.05, 3.63) is 64.7 Å². The standard InChI is InChI=1S/C20H19ClF2N2O3/c21-15-5-4-14(7-16(15)23)28-8-17(26)24-19-9-20(10-19,11-19)25-18(27)12-2-1-3-13(22)6-12/h1-7,18,25,27H,8-11H2,(H,24,26). The Morgan fingerprint density at radius 3 is 2.61 bits per heavy atom. The van der Waals surface area contributed by atoms with Gasteiger partial charge in [-0.15, -0.1) is 0 Å². The molecule has 3 N–H and O–H groups in total. The van der Waals surface area contributed by atoms with Crippen molar-refractivity contribution in [1.29, 1.82) is 0 Å². The lowest BCUT2D eigenvalue weighted by Crippen LogP contribution is -2.83. The molecule has 0 spiro atoms. The monoisotopic (exact) mass is 408 g/mol. The van der Waals surface area contributed by atoms with Crippen molar-refractivity contribution < 1.29 is 23.4 Å². The maximum Gasteiger partial charge on any atom is 0.258 e. The molecule has 8 heteroatoms. The molecule has 148 valence electrons. The molecule has 0 saturated heterocycles. The van der Waals surface area contributed by atoms with Gasteiger partial charge in [-0.1, -0.05) is 23.7 Å². The van der Waals surface area contributed by atoms with Crippen LogP contribution < -0.4 is 15.4 Å². The van der Waals surface area contributed by atoms with E-state index in [-0.39, 0.29) is 34.4 Å². The summed E-state index contributed by atoms with van der Waals surface area (Å²) in [6.07, 6.45) is 1.06. The lowest BCUT2D eigenvalue weighted by atomic mass is 9.44. The fourth-order valence-electron chi connectivity index (χ4n) is 4.17. The van der Waals surface area contributed by atoms with Gasteiger partial charge in [-0.05, 0) is 49.1 Å². The summed E-state index contributed by atoms with van der Waals surface area (Å²) >= 11 is 5.61. The summed E-state index contributed by atoms with van der Waals surface area (Å²) in [5.41, 5.74) is -0.0918. The molecule has 3 aliphatic carbocycles. The van der Waals surface area contributed by atoms with Gasteiger partial charge in [0.15, 0.2) is 6.61 Å². The van der Waals surface area contributed by atoms with Crippen LogP contribution in [0.5, 0.6) is 5.75 Å². The maximum atomic E-state index is 13.4. The Balaban J connectivity index is 1.24. The number of nitrogens with one attached hydrogen (secondary N) is 2. The van der Waals surface area contributed by atoms with Gasteiger partial charge in [0, 0.05) is 17.1 Å². The number of amides is 1. The highest BCUT2D eigenvalue weighted by molar-refractivity contribution is 6.30. The van der Waals surface area contributed by atoms with Crippen LogP contribution in [0.3, 0.4) is 0 Å². The Morgan fingerprint density at radius 2 is 1.93 bits per heavy atom. The van der Waals surface area contributed by atoms with Crippen molar-refractivity contribution in [3.8, 4) is 5.75 Å². The highest BCUT2D eigenvalue weighted by Crippen LogP contribution is 2.60. The predicted molar refractivity (Wildman–Crippen MR) is 98.9 cm³/mol. The van der Waals surface area contributed by atoms with Crippen molar-refractivity contribution in [1.82, 2.24) is 10.6 Å². The van der Waals surface area contributed by atoms with Gasteiger partial charge >= 0.3 is 0 Å². The first-order valence-electron chi connectivity index (χ1n) is 8.88. The van der Waals surface area contributed by atoms with Crippen LogP contribution in [0, 0.1) is 11.6 Å². The summed E-state index contributed by atoms with van der Waals surface area (Å²) < 4.78 is 31.9. The summed E-state index contributed by atoms with van der Waals surface area (Å²) in [5.74, 6) is -1.08. The first kappa shape index (κ1) is 19.1. The molecule has 0 radical (unpaired) electrons. The number of benzene rings is 2. The normalized spacial score (nSPS) is 26.0. The Bertz CT molecular complexity index is 904. The number of halogens is 3. The predicted octanol–water partition coefficient (Wildman–Crippen LogP) is 3.07. The summed E-state index contributed by atoms with van der Waals surface area (Å²) in [7, 11) is 0. The van der Waals surface area contributed by atoms with E-state index in [0.29, 0.717) is 24.8 Å². The smallest absolute Gasteiger partial charge is 0.258 e. The van der Waals surface area contributed by atoms with E-state index in [2.05, 4.69) is 10.6 Å². The molecule has 2 bridgehead atoms. The van der Waals surface area contributed by atoms with Crippen LogP contribution in [0.1, 0.15) is 31.1 Å². The van der Waals surface area contributed by atoms with Crippen LogP contribution >= 0.6 is 11.6 Å². The molecule has 3 aliphatic rings.